The zero-order valence-electron chi connectivity index (χ0n) is 8.35. The number of oxime groups is 1. The largest absolute Gasteiger partial charge is 0.411 e. The predicted octanol–water partition coefficient (Wildman–Crippen LogP) is 3.33. The lowest BCUT2D eigenvalue weighted by Crippen LogP contribution is -1.80. The summed E-state index contributed by atoms with van der Waals surface area (Å²) in [6.07, 6.45) is 5.37. The van der Waals surface area contributed by atoms with E-state index in [1.807, 2.05) is 18.2 Å². The Labute approximate surface area is 84.6 Å². The molecule has 74 valence electrons. The molecule has 14 heavy (non-hydrogen) atoms. The van der Waals surface area contributed by atoms with E-state index in [4.69, 9.17) is 5.21 Å². The van der Waals surface area contributed by atoms with E-state index in [0.29, 0.717) is 0 Å². The SMILES string of the molecule is C/C(=C\c1ccccc1)CC/C=N/O. The fourth-order valence-electron chi connectivity index (χ4n) is 1.26. The molecule has 0 unspecified atom stereocenters. The summed E-state index contributed by atoms with van der Waals surface area (Å²) < 4.78 is 0. The Bertz CT molecular complexity index is 314. The van der Waals surface area contributed by atoms with Crippen LogP contribution in [0.2, 0.25) is 0 Å². The Morgan fingerprint density at radius 3 is 2.71 bits per heavy atom. The molecule has 0 heterocycles. The highest BCUT2D eigenvalue weighted by molar-refractivity contribution is 5.58. The van der Waals surface area contributed by atoms with Crippen LogP contribution in [0.15, 0.2) is 41.1 Å². The molecule has 1 N–H and O–H groups in total. The molecule has 1 aromatic carbocycles. The van der Waals surface area contributed by atoms with Gasteiger partial charge in [-0.15, -0.1) is 5.16 Å². The van der Waals surface area contributed by atoms with Gasteiger partial charge >= 0.3 is 0 Å². The van der Waals surface area contributed by atoms with Gasteiger partial charge in [-0.05, 0) is 25.3 Å². The van der Waals surface area contributed by atoms with Crippen molar-refractivity contribution in [1.29, 1.82) is 0 Å². The van der Waals surface area contributed by atoms with Crippen LogP contribution in [-0.2, 0) is 0 Å². The van der Waals surface area contributed by atoms with Crippen molar-refractivity contribution < 1.29 is 5.21 Å². The van der Waals surface area contributed by atoms with E-state index < -0.39 is 0 Å². The number of nitrogens with zero attached hydrogens (tertiary/aromatic N) is 1. The van der Waals surface area contributed by atoms with Crippen LogP contribution in [-0.4, -0.2) is 11.4 Å². The van der Waals surface area contributed by atoms with E-state index in [-0.39, 0.29) is 0 Å². The first-order valence-electron chi connectivity index (χ1n) is 4.71. The summed E-state index contributed by atoms with van der Waals surface area (Å²) >= 11 is 0. The quantitative estimate of drug-likeness (QED) is 0.440. The highest BCUT2D eigenvalue weighted by Crippen LogP contribution is 2.09. The van der Waals surface area contributed by atoms with Crippen molar-refractivity contribution >= 4 is 12.3 Å². The Morgan fingerprint density at radius 1 is 1.36 bits per heavy atom. The molecule has 0 atom stereocenters. The average Bonchev–Trinajstić information content (AvgIpc) is 2.20. The second kappa shape index (κ2) is 5.97. The molecule has 2 heteroatoms. The number of hydrogen-bond acceptors (Lipinski definition) is 2. The lowest BCUT2D eigenvalue weighted by atomic mass is 10.1. The van der Waals surface area contributed by atoms with Crippen LogP contribution in [0, 0.1) is 0 Å². The third-order valence-corrected chi connectivity index (χ3v) is 1.96. The van der Waals surface area contributed by atoms with E-state index in [0.717, 1.165) is 12.8 Å². The smallest absolute Gasteiger partial charge is 0.0439 e. The van der Waals surface area contributed by atoms with E-state index in [1.165, 1.54) is 17.4 Å². The summed E-state index contributed by atoms with van der Waals surface area (Å²) in [5, 5.41) is 11.2. The highest BCUT2D eigenvalue weighted by Gasteiger charge is 1.90. The molecule has 0 amide bonds. The van der Waals surface area contributed by atoms with Gasteiger partial charge in [0.1, 0.15) is 0 Å². The lowest BCUT2D eigenvalue weighted by molar-refractivity contribution is 0.320. The molecule has 1 rings (SSSR count). The van der Waals surface area contributed by atoms with Crippen molar-refractivity contribution in [3.63, 3.8) is 0 Å². The zero-order valence-corrected chi connectivity index (χ0v) is 8.35. The van der Waals surface area contributed by atoms with Crippen LogP contribution in [0.25, 0.3) is 6.08 Å². The molecule has 0 saturated carbocycles. The van der Waals surface area contributed by atoms with E-state index in [9.17, 15) is 0 Å². The minimum Gasteiger partial charge on any atom is -0.411 e. The van der Waals surface area contributed by atoms with E-state index in [2.05, 4.69) is 30.3 Å². The van der Waals surface area contributed by atoms with Crippen LogP contribution < -0.4 is 0 Å². The van der Waals surface area contributed by atoms with Gasteiger partial charge in [0.2, 0.25) is 0 Å². The molecular formula is C12H15NO. The van der Waals surface area contributed by atoms with Gasteiger partial charge in [0, 0.05) is 6.21 Å². The van der Waals surface area contributed by atoms with Crippen LogP contribution in [0.3, 0.4) is 0 Å². The summed E-state index contributed by atoms with van der Waals surface area (Å²) in [5.74, 6) is 0. The fraction of sp³-hybridized carbons (Fsp3) is 0.250. The summed E-state index contributed by atoms with van der Waals surface area (Å²) in [4.78, 5) is 0. The van der Waals surface area contributed by atoms with Crippen LogP contribution >= 0.6 is 0 Å². The molecule has 2 nitrogen and oxygen atoms in total. The second-order valence-electron chi connectivity index (χ2n) is 3.24. The van der Waals surface area contributed by atoms with Crippen LogP contribution in [0.5, 0.6) is 0 Å². The van der Waals surface area contributed by atoms with Crippen LogP contribution in [0.1, 0.15) is 25.3 Å². The molecule has 0 fully saturated rings. The predicted molar refractivity (Wildman–Crippen MR) is 59.6 cm³/mol. The van der Waals surface area contributed by atoms with Crippen molar-refractivity contribution in [1.82, 2.24) is 0 Å². The molecule has 0 radical (unpaired) electrons. The van der Waals surface area contributed by atoms with Crippen molar-refractivity contribution in [2.75, 3.05) is 0 Å². The molecular weight excluding hydrogens is 174 g/mol. The fourth-order valence-corrected chi connectivity index (χ4v) is 1.26. The standard InChI is InChI=1S/C12H15NO/c1-11(6-5-9-13-14)10-12-7-3-2-4-8-12/h2-4,7-10,14H,5-6H2,1H3/b11-10+,13-9+. The third kappa shape index (κ3) is 3.90. The number of rotatable bonds is 4. The van der Waals surface area contributed by atoms with Gasteiger partial charge in [0.15, 0.2) is 0 Å². The normalized spacial score (nSPS) is 12.2. The van der Waals surface area contributed by atoms with Crippen molar-refractivity contribution in [2.24, 2.45) is 5.16 Å². The molecule has 0 aromatic heterocycles. The lowest BCUT2D eigenvalue weighted by Gasteiger charge is -1.97. The summed E-state index contributed by atoms with van der Waals surface area (Å²) in [7, 11) is 0. The number of benzene rings is 1. The van der Waals surface area contributed by atoms with Gasteiger partial charge in [-0.2, -0.15) is 0 Å². The first-order chi connectivity index (χ1) is 6.83. The minimum absolute atomic E-state index is 0.783. The third-order valence-electron chi connectivity index (χ3n) is 1.96. The molecule has 0 spiro atoms. The van der Waals surface area contributed by atoms with Gasteiger partial charge in [-0.1, -0.05) is 42.0 Å². The maximum atomic E-state index is 8.22. The van der Waals surface area contributed by atoms with Gasteiger partial charge in [-0.25, -0.2) is 0 Å². The topological polar surface area (TPSA) is 32.6 Å². The summed E-state index contributed by atoms with van der Waals surface area (Å²) in [6, 6.07) is 10.2. The highest BCUT2D eigenvalue weighted by atomic mass is 16.4. The summed E-state index contributed by atoms with van der Waals surface area (Å²) in [5.41, 5.74) is 2.50. The maximum absolute atomic E-state index is 8.22. The van der Waals surface area contributed by atoms with Crippen molar-refractivity contribution in [3.05, 3.63) is 41.5 Å². The Morgan fingerprint density at radius 2 is 2.07 bits per heavy atom. The molecule has 0 saturated heterocycles. The Kier molecular flexibility index (Phi) is 4.48. The summed E-state index contributed by atoms with van der Waals surface area (Å²) in [6.45, 7) is 2.08. The number of hydrogen-bond donors (Lipinski definition) is 1. The van der Waals surface area contributed by atoms with Gasteiger partial charge in [-0.3, -0.25) is 0 Å². The van der Waals surface area contributed by atoms with E-state index in [1.54, 1.807) is 0 Å². The monoisotopic (exact) mass is 189 g/mol. The van der Waals surface area contributed by atoms with Gasteiger partial charge in [0.25, 0.3) is 0 Å². The molecule has 1 aromatic rings. The molecule has 0 aliphatic rings. The van der Waals surface area contributed by atoms with Gasteiger partial charge < -0.3 is 5.21 Å². The second-order valence-corrected chi connectivity index (χ2v) is 3.24. The molecule has 0 aliphatic heterocycles. The first-order valence-corrected chi connectivity index (χ1v) is 4.71. The van der Waals surface area contributed by atoms with Crippen molar-refractivity contribution in [3.8, 4) is 0 Å². The minimum atomic E-state index is 0.783. The Hall–Kier alpha value is -1.57. The van der Waals surface area contributed by atoms with E-state index >= 15 is 0 Å². The zero-order chi connectivity index (χ0) is 10.2. The average molecular weight is 189 g/mol. The maximum Gasteiger partial charge on any atom is 0.0439 e. The first kappa shape index (κ1) is 10.5. The molecule has 0 aliphatic carbocycles. The molecule has 0 bridgehead atoms. The Balaban J connectivity index is 2.51. The van der Waals surface area contributed by atoms with Crippen molar-refractivity contribution in [2.45, 2.75) is 19.8 Å². The van der Waals surface area contributed by atoms with Crippen LogP contribution in [0.4, 0.5) is 0 Å². The number of allylic oxidation sites excluding steroid dienone is 1. The van der Waals surface area contributed by atoms with Gasteiger partial charge in [0.05, 0.1) is 0 Å².